The van der Waals surface area contributed by atoms with Crippen molar-refractivity contribution in [3.8, 4) is 17.3 Å². The Balaban J connectivity index is 1.77. The molecule has 6 nitrogen and oxygen atoms in total. The highest BCUT2D eigenvalue weighted by atomic mass is 32.2. The molecule has 26 heavy (non-hydrogen) atoms. The Labute approximate surface area is 154 Å². The Morgan fingerprint density at radius 1 is 1.19 bits per heavy atom. The summed E-state index contributed by atoms with van der Waals surface area (Å²) in [5.74, 6) is -0.351. The zero-order chi connectivity index (χ0) is 18.7. The fraction of sp³-hybridized carbons (Fsp3) is 0.0556. The number of hydrogen-bond donors (Lipinski definition) is 1. The van der Waals surface area contributed by atoms with E-state index in [1.807, 2.05) is 6.07 Å². The van der Waals surface area contributed by atoms with Gasteiger partial charge in [0.1, 0.15) is 0 Å². The standard InChI is InChI=1S/C18H13N3O3S2/c1-26(23,24)15-7-5-13(6-8-15)16-11-25-18(20-16)21-17(22)14-4-2-3-12(9-14)10-19/h2-9,11H,1H3,(H,20,21,22). The number of benzene rings is 2. The van der Waals surface area contributed by atoms with Crippen molar-refractivity contribution in [2.24, 2.45) is 0 Å². The van der Waals surface area contributed by atoms with E-state index in [0.717, 1.165) is 11.8 Å². The Bertz CT molecular complexity index is 1110. The number of thiazole rings is 1. The van der Waals surface area contributed by atoms with Crippen LogP contribution in [-0.2, 0) is 9.84 Å². The fourth-order valence-electron chi connectivity index (χ4n) is 2.24. The highest BCUT2D eigenvalue weighted by Crippen LogP contribution is 2.26. The van der Waals surface area contributed by atoms with Crippen molar-refractivity contribution >= 4 is 32.2 Å². The first-order valence-electron chi connectivity index (χ1n) is 7.44. The van der Waals surface area contributed by atoms with Crippen molar-refractivity contribution in [3.05, 3.63) is 65.0 Å². The molecule has 1 amide bonds. The first kappa shape index (κ1) is 17.8. The van der Waals surface area contributed by atoms with E-state index in [-0.39, 0.29) is 10.8 Å². The van der Waals surface area contributed by atoms with Crippen molar-refractivity contribution in [3.63, 3.8) is 0 Å². The van der Waals surface area contributed by atoms with Gasteiger partial charge in [0, 0.05) is 22.8 Å². The maximum atomic E-state index is 12.3. The minimum absolute atomic E-state index is 0.238. The summed E-state index contributed by atoms with van der Waals surface area (Å²) in [4.78, 5) is 16.9. The van der Waals surface area contributed by atoms with E-state index in [2.05, 4.69) is 10.3 Å². The lowest BCUT2D eigenvalue weighted by molar-refractivity contribution is 0.102. The van der Waals surface area contributed by atoms with Gasteiger partial charge in [-0.2, -0.15) is 5.26 Å². The monoisotopic (exact) mass is 383 g/mol. The van der Waals surface area contributed by atoms with Crippen molar-refractivity contribution in [2.45, 2.75) is 4.90 Å². The molecule has 0 saturated heterocycles. The molecule has 2 aromatic carbocycles. The van der Waals surface area contributed by atoms with Crippen molar-refractivity contribution < 1.29 is 13.2 Å². The Morgan fingerprint density at radius 3 is 2.58 bits per heavy atom. The van der Waals surface area contributed by atoms with E-state index in [4.69, 9.17) is 5.26 Å². The van der Waals surface area contributed by atoms with Crippen LogP contribution in [0.25, 0.3) is 11.3 Å². The van der Waals surface area contributed by atoms with Crippen LogP contribution in [0.1, 0.15) is 15.9 Å². The largest absolute Gasteiger partial charge is 0.298 e. The molecule has 1 aromatic heterocycles. The predicted molar refractivity (Wildman–Crippen MR) is 99.8 cm³/mol. The molecule has 8 heteroatoms. The highest BCUT2D eigenvalue weighted by molar-refractivity contribution is 7.90. The molecule has 130 valence electrons. The van der Waals surface area contributed by atoms with Gasteiger partial charge >= 0.3 is 0 Å². The molecular formula is C18H13N3O3S2. The third kappa shape index (κ3) is 3.96. The summed E-state index contributed by atoms with van der Waals surface area (Å²) in [5.41, 5.74) is 2.17. The third-order valence-electron chi connectivity index (χ3n) is 3.56. The number of sulfone groups is 1. The predicted octanol–water partition coefficient (Wildman–Crippen LogP) is 3.34. The normalized spacial score (nSPS) is 10.9. The van der Waals surface area contributed by atoms with Crippen LogP contribution in [0.15, 0.2) is 58.8 Å². The van der Waals surface area contributed by atoms with E-state index >= 15 is 0 Å². The maximum absolute atomic E-state index is 12.3. The summed E-state index contributed by atoms with van der Waals surface area (Å²) >= 11 is 1.26. The molecule has 0 unspecified atom stereocenters. The number of nitrogens with one attached hydrogen (secondary N) is 1. The van der Waals surface area contributed by atoms with Gasteiger partial charge in [-0.15, -0.1) is 11.3 Å². The van der Waals surface area contributed by atoms with Gasteiger partial charge in [0.2, 0.25) is 0 Å². The Hall–Kier alpha value is -3.02. The van der Waals surface area contributed by atoms with Crippen molar-refractivity contribution in [1.82, 2.24) is 4.98 Å². The SMILES string of the molecule is CS(=O)(=O)c1ccc(-c2csc(NC(=O)c3cccc(C#N)c3)n2)cc1. The van der Waals surface area contributed by atoms with Gasteiger partial charge in [-0.25, -0.2) is 13.4 Å². The lowest BCUT2D eigenvalue weighted by Crippen LogP contribution is -2.11. The van der Waals surface area contributed by atoms with Gasteiger partial charge in [0.25, 0.3) is 5.91 Å². The molecule has 1 N–H and O–H groups in total. The van der Waals surface area contributed by atoms with Crippen LogP contribution >= 0.6 is 11.3 Å². The summed E-state index contributed by atoms with van der Waals surface area (Å²) in [7, 11) is -3.25. The van der Waals surface area contributed by atoms with E-state index < -0.39 is 9.84 Å². The highest BCUT2D eigenvalue weighted by Gasteiger charge is 2.12. The summed E-state index contributed by atoms with van der Waals surface area (Å²) in [6, 6.07) is 14.8. The van der Waals surface area contributed by atoms with E-state index in [1.165, 1.54) is 29.5 Å². The van der Waals surface area contributed by atoms with Crippen LogP contribution < -0.4 is 5.32 Å². The molecule has 0 bridgehead atoms. The molecule has 0 fully saturated rings. The van der Waals surface area contributed by atoms with Gasteiger partial charge in [-0.05, 0) is 30.3 Å². The van der Waals surface area contributed by atoms with Gasteiger partial charge in [-0.1, -0.05) is 18.2 Å². The lowest BCUT2D eigenvalue weighted by atomic mass is 10.1. The zero-order valence-corrected chi connectivity index (χ0v) is 15.3. The van der Waals surface area contributed by atoms with E-state index in [1.54, 1.807) is 35.7 Å². The molecule has 0 aliphatic carbocycles. The van der Waals surface area contributed by atoms with Crippen LogP contribution in [0, 0.1) is 11.3 Å². The van der Waals surface area contributed by atoms with Crippen LogP contribution in [0.5, 0.6) is 0 Å². The molecule has 0 saturated carbocycles. The molecule has 0 atom stereocenters. The van der Waals surface area contributed by atoms with Gasteiger partial charge in [0.05, 0.1) is 22.2 Å². The van der Waals surface area contributed by atoms with Crippen LogP contribution in [-0.4, -0.2) is 25.6 Å². The molecule has 0 aliphatic rings. The molecule has 3 aromatic rings. The summed E-state index contributed by atoms with van der Waals surface area (Å²) in [6.07, 6.45) is 1.15. The smallest absolute Gasteiger partial charge is 0.257 e. The zero-order valence-electron chi connectivity index (χ0n) is 13.6. The van der Waals surface area contributed by atoms with Crippen LogP contribution in [0.4, 0.5) is 5.13 Å². The molecule has 0 aliphatic heterocycles. The van der Waals surface area contributed by atoms with Gasteiger partial charge in [-0.3, -0.25) is 10.1 Å². The lowest BCUT2D eigenvalue weighted by Gasteiger charge is -2.02. The number of nitriles is 1. The minimum Gasteiger partial charge on any atom is -0.298 e. The molecule has 0 radical (unpaired) electrons. The number of hydrogen-bond acceptors (Lipinski definition) is 6. The third-order valence-corrected chi connectivity index (χ3v) is 5.44. The fourth-order valence-corrected chi connectivity index (χ4v) is 3.58. The number of rotatable bonds is 4. The van der Waals surface area contributed by atoms with Crippen molar-refractivity contribution in [1.29, 1.82) is 5.26 Å². The topological polar surface area (TPSA) is 99.9 Å². The second kappa shape index (κ2) is 7.07. The van der Waals surface area contributed by atoms with Gasteiger partial charge in [0.15, 0.2) is 15.0 Å². The number of amides is 1. The quantitative estimate of drug-likeness (QED) is 0.745. The number of nitrogens with zero attached hydrogens (tertiary/aromatic N) is 2. The maximum Gasteiger partial charge on any atom is 0.257 e. The summed E-state index contributed by atoms with van der Waals surface area (Å²) in [6.45, 7) is 0. The van der Waals surface area contributed by atoms with E-state index in [0.29, 0.717) is 22.0 Å². The first-order valence-corrected chi connectivity index (χ1v) is 10.2. The molecular weight excluding hydrogens is 370 g/mol. The van der Waals surface area contributed by atoms with Crippen molar-refractivity contribution in [2.75, 3.05) is 11.6 Å². The second-order valence-corrected chi connectivity index (χ2v) is 8.36. The first-order chi connectivity index (χ1) is 12.4. The Kier molecular flexibility index (Phi) is 4.84. The number of aromatic nitrogens is 1. The minimum atomic E-state index is -3.25. The summed E-state index contributed by atoms with van der Waals surface area (Å²) in [5, 5.41) is 13.8. The second-order valence-electron chi connectivity index (χ2n) is 5.48. The summed E-state index contributed by atoms with van der Waals surface area (Å²) < 4.78 is 23.0. The average molecular weight is 383 g/mol. The van der Waals surface area contributed by atoms with Crippen LogP contribution in [0.2, 0.25) is 0 Å². The average Bonchev–Trinajstić information content (AvgIpc) is 3.09. The Morgan fingerprint density at radius 2 is 1.92 bits per heavy atom. The van der Waals surface area contributed by atoms with E-state index in [9.17, 15) is 13.2 Å². The molecule has 1 heterocycles. The number of carbonyl (C=O) groups is 1. The molecule has 0 spiro atoms. The number of anilines is 1. The van der Waals surface area contributed by atoms with Gasteiger partial charge < -0.3 is 0 Å². The number of carbonyl (C=O) groups excluding carboxylic acids is 1. The van der Waals surface area contributed by atoms with Crippen LogP contribution in [0.3, 0.4) is 0 Å². The molecule has 3 rings (SSSR count).